The zero-order chi connectivity index (χ0) is 14.5. The molecule has 0 spiro atoms. The zero-order valence-corrected chi connectivity index (χ0v) is 11.6. The first-order valence-corrected chi connectivity index (χ1v) is 6.37. The van der Waals surface area contributed by atoms with Gasteiger partial charge in [0.2, 0.25) is 5.91 Å². The van der Waals surface area contributed by atoms with E-state index in [1.54, 1.807) is 25.3 Å². The monoisotopic (exact) mass is 291 g/mol. The molecule has 104 valence electrons. The Bertz CT molecular complexity index is 611. The molecule has 2 rings (SSSR count). The second-order valence-electron chi connectivity index (χ2n) is 4.24. The quantitative estimate of drug-likeness (QED) is 0.909. The number of anilines is 1. The van der Waals surface area contributed by atoms with E-state index in [0.29, 0.717) is 5.69 Å². The molecule has 2 aromatic rings. The van der Waals surface area contributed by atoms with Crippen molar-refractivity contribution < 1.29 is 14.6 Å². The van der Waals surface area contributed by atoms with E-state index in [4.69, 9.17) is 16.3 Å². The average Bonchev–Trinajstić information content (AvgIpc) is 2.44. The van der Waals surface area contributed by atoms with Crippen LogP contribution in [-0.2, 0) is 11.2 Å². The number of ether oxygens (including phenoxy) is 1. The summed E-state index contributed by atoms with van der Waals surface area (Å²) in [6, 6.07) is 11.8. The predicted molar refractivity (Wildman–Crippen MR) is 78.4 cm³/mol. The fraction of sp³-hybridized carbons (Fsp3) is 0.133. The number of amides is 1. The second-order valence-corrected chi connectivity index (χ2v) is 4.65. The summed E-state index contributed by atoms with van der Waals surface area (Å²) >= 11 is 5.70. The van der Waals surface area contributed by atoms with Gasteiger partial charge in [0.1, 0.15) is 11.5 Å². The highest BCUT2D eigenvalue weighted by Crippen LogP contribution is 2.26. The van der Waals surface area contributed by atoms with Gasteiger partial charge < -0.3 is 15.2 Å². The van der Waals surface area contributed by atoms with Crippen LogP contribution >= 0.6 is 11.6 Å². The molecule has 0 heterocycles. The molecule has 0 bridgehead atoms. The molecule has 0 aromatic heterocycles. The minimum absolute atomic E-state index is 0.0612. The fourth-order valence-corrected chi connectivity index (χ4v) is 1.84. The summed E-state index contributed by atoms with van der Waals surface area (Å²) in [5.74, 6) is 0.516. The first kappa shape index (κ1) is 14.2. The van der Waals surface area contributed by atoms with Gasteiger partial charge in [-0.05, 0) is 29.8 Å². The number of benzene rings is 2. The molecule has 0 saturated carbocycles. The lowest BCUT2D eigenvalue weighted by molar-refractivity contribution is -0.115. The van der Waals surface area contributed by atoms with Gasteiger partial charge in [0.05, 0.1) is 18.6 Å². The van der Waals surface area contributed by atoms with Crippen molar-refractivity contribution in [3.05, 3.63) is 53.1 Å². The molecule has 0 fully saturated rings. The van der Waals surface area contributed by atoms with Crippen LogP contribution < -0.4 is 10.1 Å². The largest absolute Gasteiger partial charge is 0.506 e. The van der Waals surface area contributed by atoms with Crippen molar-refractivity contribution in [3.63, 3.8) is 0 Å². The second kappa shape index (κ2) is 6.30. The summed E-state index contributed by atoms with van der Waals surface area (Å²) < 4.78 is 5.05. The molecule has 1 amide bonds. The van der Waals surface area contributed by atoms with Gasteiger partial charge in [-0.15, -0.1) is 0 Å². The third-order valence-corrected chi connectivity index (χ3v) is 3.07. The average molecular weight is 292 g/mol. The van der Waals surface area contributed by atoms with Crippen molar-refractivity contribution in [1.29, 1.82) is 0 Å². The number of aromatic hydroxyl groups is 1. The zero-order valence-electron chi connectivity index (χ0n) is 10.9. The number of carbonyl (C=O) groups excluding carboxylic acids is 1. The van der Waals surface area contributed by atoms with Crippen LogP contribution in [0.4, 0.5) is 5.69 Å². The van der Waals surface area contributed by atoms with E-state index >= 15 is 0 Å². The van der Waals surface area contributed by atoms with E-state index in [9.17, 15) is 9.90 Å². The lowest BCUT2D eigenvalue weighted by atomic mass is 10.1. The summed E-state index contributed by atoms with van der Waals surface area (Å²) in [5.41, 5.74) is 1.38. The fourth-order valence-electron chi connectivity index (χ4n) is 1.72. The summed E-state index contributed by atoms with van der Waals surface area (Å²) in [6.45, 7) is 0. The van der Waals surface area contributed by atoms with Crippen LogP contribution in [0.1, 0.15) is 5.56 Å². The van der Waals surface area contributed by atoms with Crippen molar-refractivity contribution in [2.24, 2.45) is 0 Å². The SMILES string of the molecule is COc1ccc(CC(=O)Nc2ccc(Cl)c(O)c2)cc1. The van der Waals surface area contributed by atoms with Gasteiger partial charge in [-0.25, -0.2) is 0 Å². The minimum atomic E-state index is -0.170. The number of hydrogen-bond acceptors (Lipinski definition) is 3. The van der Waals surface area contributed by atoms with Crippen LogP contribution in [0.2, 0.25) is 5.02 Å². The number of rotatable bonds is 4. The topological polar surface area (TPSA) is 58.6 Å². The number of methoxy groups -OCH3 is 1. The Labute approximate surface area is 122 Å². The van der Waals surface area contributed by atoms with Crippen LogP contribution in [0.25, 0.3) is 0 Å². The highest BCUT2D eigenvalue weighted by Gasteiger charge is 2.06. The lowest BCUT2D eigenvalue weighted by Gasteiger charge is -2.07. The normalized spacial score (nSPS) is 10.1. The van der Waals surface area contributed by atoms with Gasteiger partial charge in [0.25, 0.3) is 0 Å². The predicted octanol–water partition coefficient (Wildman–Crippen LogP) is 3.24. The first-order valence-electron chi connectivity index (χ1n) is 6.00. The van der Waals surface area contributed by atoms with Crippen molar-refractivity contribution in [1.82, 2.24) is 0 Å². The maximum Gasteiger partial charge on any atom is 0.228 e. The maximum atomic E-state index is 11.9. The third kappa shape index (κ3) is 3.65. The van der Waals surface area contributed by atoms with Crippen LogP contribution in [0.3, 0.4) is 0 Å². The minimum Gasteiger partial charge on any atom is -0.506 e. The lowest BCUT2D eigenvalue weighted by Crippen LogP contribution is -2.14. The Hall–Kier alpha value is -2.20. The summed E-state index contributed by atoms with van der Waals surface area (Å²) in [7, 11) is 1.59. The third-order valence-electron chi connectivity index (χ3n) is 2.75. The van der Waals surface area contributed by atoms with E-state index in [1.165, 1.54) is 12.1 Å². The number of hydrogen-bond donors (Lipinski definition) is 2. The van der Waals surface area contributed by atoms with Crippen molar-refractivity contribution in [3.8, 4) is 11.5 Å². The molecule has 0 saturated heterocycles. The summed E-state index contributed by atoms with van der Waals surface area (Å²) in [5, 5.41) is 12.4. The molecule has 5 heteroatoms. The van der Waals surface area contributed by atoms with Crippen LogP contribution in [0.5, 0.6) is 11.5 Å². The molecule has 0 unspecified atom stereocenters. The molecule has 0 atom stereocenters. The standard InChI is InChI=1S/C15H14ClNO3/c1-20-12-5-2-10(3-6-12)8-15(19)17-11-4-7-13(16)14(18)9-11/h2-7,9,18H,8H2,1H3,(H,17,19). The highest BCUT2D eigenvalue weighted by atomic mass is 35.5. The Morgan fingerprint density at radius 1 is 1.25 bits per heavy atom. The Balaban J connectivity index is 1.99. The number of halogens is 1. The molecule has 0 aliphatic heterocycles. The first-order chi connectivity index (χ1) is 9.58. The molecule has 20 heavy (non-hydrogen) atoms. The molecule has 2 aromatic carbocycles. The summed E-state index contributed by atoms with van der Waals surface area (Å²) in [4.78, 5) is 11.9. The molecule has 4 nitrogen and oxygen atoms in total. The molecule has 0 radical (unpaired) electrons. The van der Waals surface area contributed by atoms with Crippen molar-refractivity contribution in [2.45, 2.75) is 6.42 Å². The molecule has 0 aliphatic rings. The number of carbonyl (C=O) groups is 1. The van der Waals surface area contributed by atoms with Gasteiger partial charge in [-0.1, -0.05) is 23.7 Å². The number of phenols is 1. The van der Waals surface area contributed by atoms with E-state index in [-0.39, 0.29) is 23.1 Å². The molecular formula is C15H14ClNO3. The van der Waals surface area contributed by atoms with Gasteiger partial charge in [-0.3, -0.25) is 4.79 Å². The number of nitrogens with one attached hydrogen (secondary N) is 1. The maximum absolute atomic E-state index is 11.9. The van der Waals surface area contributed by atoms with Crippen LogP contribution in [0.15, 0.2) is 42.5 Å². The molecule has 2 N–H and O–H groups in total. The van der Waals surface area contributed by atoms with E-state index < -0.39 is 0 Å². The Morgan fingerprint density at radius 3 is 2.55 bits per heavy atom. The highest BCUT2D eigenvalue weighted by molar-refractivity contribution is 6.32. The van der Waals surface area contributed by atoms with E-state index in [1.807, 2.05) is 12.1 Å². The smallest absolute Gasteiger partial charge is 0.228 e. The van der Waals surface area contributed by atoms with E-state index in [2.05, 4.69) is 5.32 Å². The molecule has 0 aliphatic carbocycles. The van der Waals surface area contributed by atoms with Crippen molar-refractivity contribution >= 4 is 23.2 Å². The van der Waals surface area contributed by atoms with Crippen LogP contribution in [-0.4, -0.2) is 18.1 Å². The number of phenolic OH excluding ortho intramolecular Hbond substituents is 1. The summed E-state index contributed by atoms with van der Waals surface area (Å²) in [6.07, 6.45) is 0.243. The molecular weight excluding hydrogens is 278 g/mol. The van der Waals surface area contributed by atoms with Gasteiger partial charge in [0.15, 0.2) is 0 Å². The van der Waals surface area contributed by atoms with Gasteiger partial charge in [-0.2, -0.15) is 0 Å². The Morgan fingerprint density at radius 2 is 1.95 bits per heavy atom. The van der Waals surface area contributed by atoms with Gasteiger partial charge >= 0.3 is 0 Å². The van der Waals surface area contributed by atoms with E-state index in [0.717, 1.165) is 11.3 Å². The van der Waals surface area contributed by atoms with Gasteiger partial charge in [0, 0.05) is 11.8 Å². The van der Waals surface area contributed by atoms with Crippen molar-refractivity contribution in [2.75, 3.05) is 12.4 Å². The Kier molecular flexibility index (Phi) is 4.48. The van der Waals surface area contributed by atoms with Crippen LogP contribution in [0, 0.1) is 0 Å².